The van der Waals surface area contributed by atoms with Gasteiger partial charge in [0.1, 0.15) is 5.83 Å². The first-order valence-electron chi connectivity index (χ1n) is 2.80. The topological polar surface area (TPSA) is 21.3 Å². The SMILES string of the molecule is C=C(F)CNCCOC. The Morgan fingerprint density at radius 3 is 2.89 bits per heavy atom. The number of hydrogen-bond acceptors (Lipinski definition) is 2. The maximum Gasteiger partial charge on any atom is 0.107 e. The van der Waals surface area contributed by atoms with Crippen LogP contribution in [0, 0.1) is 0 Å². The predicted molar refractivity (Wildman–Crippen MR) is 35.0 cm³/mol. The van der Waals surface area contributed by atoms with Crippen molar-refractivity contribution in [1.82, 2.24) is 5.32 Å². The van der Waals surface area contributed by atoms with E-state index < -0.39 is 0 Å². The van der Waals surface area contributed by atoms with E-state index in [4.69, 9.17) is 4.74 Å². The highest BCUT2D eigenvalue weighted by Gasteiger charge is 1.87. The number of rotatable bonds is 5. The number of ether oxygens (including phenoxy) is 1. The van der Waals surface area contributed by atoms with Crippen LogP contribution in [0.3, 0.4) is 0 Å². The minimum atomic E-state index is -0.342. The van der Waals surface area contributed by atoms with Gasteiger partial charge >= 0.3 is 0 Å². The normalized spacial score (nSPS) is 9.56. The average molecular weight is 133 g/mol. The summed E-state index contributed by atoms with van der Waals surface area (Å²) in [6, 6.07) is 0. The molecule has 0 amide bonds. The molecule has 0 rings (SSSR count). The van der Waals surface area contributed by atoms with Crippen LogP contribution in [0.1, 0.15) is 0 Å². The highest BCUT2D eigenvalue weighted by molar-refractivity contribution is 4.81. The quantitative estimate of drug-likeness (QED) is 0.557. The van der Waals surface area contributed by atoms with Crippen LogP contribution in [0.25, 0.3) is 0 Å². The van der Waals surface area contributed by atoms with Gasteiger partial charge in [-0.2, -0.15) is 0 Å². The van der Waals surface area contributed by atoms with Crippen LogP contribution in [0.5, 0.6) is 0 Å². The van der Waals surface area contributed by atoms with Crippen molar-refractivity contribution in [2.75, 3.05) is 26.8 Å². The number of nitrogens with one attached hydrogen (secondary N) is 1. The molecule has 0 aromatic carbocycles. The lowest BCUT2D eigenvalue weighted by atomic mass is 10.5. The third kappa shape index (κ3) is 7.59. The smallest absolute Gasteiger partial charge is 0.107 e. The Hall–Kier alpha value is -0.410. The summed E-state index contributed by atoms with van der Waals surface area (Å²) in [7, 11) is 1.60. The van der Waals surface area contributed by atoms with Crippen molar-refractivity contribution in [1.29, 1.82) is 0 Å². The van der Waals surface area contributed by atoms with Gasteiger partial charge < -0.3 is 10.1 Å². The van der Waals surface area contributed by atoms with Gasteiger partial charge in [0.05, 0.1) is 6.61 Å². The average Bonchev–Trinajstić information content (AvgIpc) is 1.80. The number of halogens is 1. The van der Waals surface area contributed by atoms with Crippen molar-refractivity contribution in [2.24, 2.45) is 0 Å². The molecule has 0 saturated heterocycles. The van der Waals surface area contributed by atoms with E-state index in [0.717, 1.165) is 0 Å². The summed E-state index contributed by atoms with van der Waals surface area (Å²) in [5.41, 5.74) is 0. The minimum absolute atomic E-state index is 0.226. The van der Waals surface area contributed by atoms with Crippen LogP contribution < -0.4 is 5.32 Å². The lowest BCUT2D eigenvalue weighted by Gasteiger charge is -1.99. The first kappa shape index (κ1) is 8.59. The van der Waals surface area contributed by atoms with Crippen molar-refractivity contribution in [3.8, 4) is 0 Å². The Morgan fingerprint density at radius 2 is 2.44 bits per heavy atom. The van der Waals surface area contributed by atoms with Gasteiger partial charge in [0.25, 0.3) is 0 Å². The van der Waals surface area contributed by atoms with Gasteiger partial charge in [-0.25, -0.2) is 4.39 Å². The minimum Gasteiger partial charge on any atom is -0.383 e. The summed E-state index contributed by atoms with van der Waals surface area (Å²) in [4.78, 5) is 0. The molecule has 0 aliphatic rings. The summed E-state index contributed by atoms with van der Waals surface area (Å²) < 4.78 is 16.5. The molecule has 54 valence electrons. The molecule has 2 nitrogen and oxygen atoms in total. The Balaban J connectivity index is 2.83. The van der Waals surface area contributed by atoms with E-state index in [-0.39, 0.29) is 12.4 Å². The Kier molecular flexibility index (Phi) is 5.46. The van der Waals surface area contributed by atoms with E-state index in [9.17, 15) is 4.39 Å². The van der Waals surface area contributed by atoms with Crippen molar-refractivity contribution in [3.63, 3.8) is 0 Å². The molecule has 1 N–H and O–H groups in total. The maximum absolute atomic E-state index is 11.8. The van der Waals surface area contributed by atoms with Crippen molar-refractivity contribution < 1.29 is 9.13 Å². The lowest BCUT2D eigenvalue weighted by Crippen LogP contribution is -2.20. The van der Waals surface area contributed by atoms with Gasteiger partial charge in [0.15, 0.2) is 0 Å². The van der Waals surface area contributed by atoms with Gasteiger partial charge in [-0.1, -0.05) is 6.58 Å². The zero-order chi connectivity index (χ0) is 7.11. The fraction of sp³-hybridized carbons (Fsp3) is 0.667. The second-order valence-corrected chi connectivity index (χ2v) is 1.69. The van der Waals surface area contributed by atoms with Crippen LogP contribution in [-0.4, -0.2) is 26.8 Å². The molecule has 0 bridgehead atoms. The maximum atomic E-state index is 11.8. The molecule has 0 heterocycles. The molecular formula is C6H12FNO. The van der Waals surface area contributed by atoms with Crippen molar-refractivity contribution >= 4 is 0 Å². The molecule has 3 heteroatoms. The Labute approximate surface area is 54.7 Å². The third-order valence-corrected chi connectivity index (χ3v) is 0.800. The second-order valence-electron chi connectivity index (χ2n) is 1.69. The highest BCUT2D eigenvalue weighted by Crippen LogP contribution is 1.84. The molecule has 0 atom stereocenters. The predicted octanol–water partition coefficient (Wildman–Crippen LogP) is 0.706. The molecule has 0 spiro atoms. The van der Waals surface area contributed by atoms with Crippen LogP contribution in [0.15, 0.2) is 12.4 Å². The molecule has 0 radical (unpaired) electrons. The lowest BCUT2D eigenvalue weighted by molar-refractivity contribution is 0.200. The zero-order valence-electron chi connectivity index (χ0n) is 5.61. The van der Waals surface area contributed by atoms with E-state index in [1.165, 1.54) is 0 Å². The van der Waals surface area contributed by atoms with Gasteiger partial charge in [0.2, 0.25) is 0 Å². The van der Waals surface area contributed by atoms with Crippen molar-refractivity contribution in [3.05, 3.63) is 12.4 Å². The highest BCUT2D eigenvalue weighted by atomic mass is 19.1. The van der Waals surface area contributed by atoms with Gasteiger partial charge in [-0.15, -0.1) is 0 Å². The first-order chi connectivity index (χ1) is 4.27. The second kappa shape index (κ2) is 5.72. The van der Waals surface area contributed by atoms with Crippen LogP contribution in [0.2, 0.25) is 0 Å². The Morgan fingerprint density at radius 1 is 1.78 bits per heavy atom. The zero-order valence-corrected chi connectivity index (χ0v) is 5.61. The summed E-state index contributed by atoms with van der Waals surface area (Å²) >= 11 is 0. The third-order valence-electron chi connectivity index (χ3n) is 0.800. The van der Waals surface area contributed by atoms with E-state index in [1.807, 2.05) is 0 Å². The fourth-order valence-corrected chi connectivity index (χ4v) is 0.398. The molecule has 0 aliphatic carbocycles. The number of methoxy groups -OCH3 is 1. The van der Waals surface area contributed by atoms with E-state index in [2.05, 4.69) is 11.9 Å². The van der Waals surface area contributed by atoms with Crippen LogP contribution >= 0.6 is 0 Å². The molecule has 0 aromatic heterocycles. The standard InChI is InChI=1S/C6H12FNO/c1-6(7)5-8-3-4-9-2/h8H,1,3-5H2,2H3. The molecule has 0 aliphatic heterocycles. The van der Waals surface area contributed by atoms with E-state index in [0.29, 0.717) is 13.2 Å². The van der Waals surface area contributed by atoms with Crippen LogP contribution in [-0.2, 0) is 4.74 Å². The van der Waals surface area contributed by atoms with E-state index >= 15 is 0 Å². The molecule has 0 saturated carbocycles. The molecule has 0 aromatic rings. The molecule has 9 heavy (non-hydrogen) atoms. The fourth-order valence-electron chi connectivity index (χ4n) is 0.398. The summed E-state index contributed by atoms with van der Waals surface area (Å²) in [5.74, 6) is -0.342. The largest absolute Gasteiger partial charge is 0.383 e. The molecular weight excluding hydrogens is 121 g/mol. The van der Waals surface area contributed by atoms with Crippen LogP contribution in [0.4, 0.5) is 4.39 Å². The monoisotopic (exact) mass is 133 g/mol. The Bertz CT molecular complexity index is 85.1. The van der Waals surface area contributed by atoms with Crippen molar-refractivity contribution in [2.45, 2.75) is 0 Å². The van der Waals surface area contributed by atoms with Gasteiger partial charge in [0, 0.05) is 20.2 Å². The van der Waals surface area contributed by atoms with Gasteiger partial charge in [-0.3, -0.25) is 0 Å². The summed E-state index contributed by atoms with van der Waals surface area (Å²) in [6.45, 7) is 4.58. The molecule has 0 unspecified atom stereocenters. The van der Waals surface area contributed by atoms with Gasteiger partial charge in [-0.05, 0) is 0 Å². The first-order valence-corrected chi connectivity index (χ1v) is 2.80. The summed E-state index contributed by atoms with van der Waals surface area (Å²) in [5, 5.41) is 2.79. The van der Waals surface area contributed by atoms with E-state index in [1.54, 1.807) is 7.11 Å². The summed E-state index contributed by atoms with van der Waals surface area (Å²) in [6.07, 6.45) is 0. The number of hydrogen-bond donors (Lipinski definition) is 1. The molecule has 0 fully saturated rings.